The molecule has 0 fully saturated rings. The Bertz CT molecular complexity index is 427. The molecule has 0 bridgehead atoms. The number of rotatable bonds is 4. The summed E-state index contributed by atoms with van der Waals surface area (Å²) >= 11 is 0. The molecule has 1 unspecified atom stereocenters. The molecule has 19 heavy (non-hydrogen) atoms. The van der Waals surface area contributed by atoms with Gasteiger partial charge in [-0.1, -0.05) is 13.8 Å². The van der Waals surface area contributed by atoms with E-state index in [1.165, 1.54) is 0 Å². The van der Waals surface area contributed by atoms with E-state index in [9.17, 15) is 23.1 Å². The SMILES string of the molecule is CC(C)C(O)CNC(=O)c1ccc(C(F)(F)F)cc1. The molecular weight excluding hydrogens is 259 g/mol. The molecule has 0 spiro atoms. The van der Waals surface area contributed by atoms with Crippen LogP contribution in [0.15, 0.2) is 24.3 Å². The first kappa shape index (κ1) is 15.5. The topological polar surface area (TPSA) is 49.3 Å². The lowest BCUT2D eigenvalue weighted by molar-refractivity contribution is -0.137. The Morgan fingerprint density at radius 1 is 1.26 bits per heavy atom. The van der Waals surface area contributed by atoms with Crippen LogP contribution in [0.2, 0.25) is 0 Å². The lowest BCUT2D eigenvalue weighted by Gasteiger charge is -2.15. The molecular formula is C13H16F3NO2. The Morgan fingerprint density at radius 3 is 2.21 bits per heavy atom. The van der Waals surface area contributed by atoms with Crippen molar-refractivity contribution < 1.29 is 23.1 Å². The first-order valence-corrected chi connectivity index (χ1v) is 5.85. The fourth-order valence-electron chi connectivity index (χ4n) is 1.35. The van der Waals surface area contributed by atoms with Gasteiger partial charge in [0.05, 0.1) is 11.7 Å². The number of amides is 1. The molecule has 0 aliphatic carbocycles. The Kier molecular flexibility index (Phi) is 4.94. The molecule has 0 aromatic heterocycles. The third-order valence-corrected chi connectivity index (χ3v) is 2.72. The van der Waals surface area contributed by atoms with Crippen LogP contribution in [-0.2, 0) is 6.18 Å². The molecule has 0 radical (unpaired) electrons. The molecule has 1 atom stereocenters. The third kappa shape index (κ3) is 4.55. The van der Waals surface area contributed by atoms with E-state index < -0.39 is 23.8 Å². The molecule has 0 saturated carbocycles. The fourth-order valence-corrected chi connectivity index (χ4v) is 1.35. The Labute approximate surface area is 109 Å². The van der Waals surface area contributed by atoms with Gasteiger partial charge in [-0.25, -0.2) is 0 Å². The van der Waals surface area contributed by atoms with Gasteiger partial charge < -0.3 is 10.4 Å². The molecule has 6 heteroatoms. The van der Waals surface area contributed by atoms with E-state index in [1.807, 2.05) is 0 Å². The molecule has 2 N–H and O–H groups in total. The van der Waals surface area contributed by atoms with E-state index in [0.29, 0.717) is 0 Å². The summed E-state index contributed by atoms with van der Waals surface area (Å²) in [5, 5.41) is 12.0. The van der Waals surface area contributed by atoms with Crippen LogP contribution in [-0.4, -0.2) is 23.7 Å². The molecule has 106 valence electrons. The summed E-state index contributed by atoms with van der Waals surface area (Å²) in [5.74, 6) is -0.513. The number of carbonyl (C=O) groups is 1. The van der Waals surface area contributed by atoms with Gasteiger partial charge in [-0.05, 0) is 30.2 Å². The van der Waals surface area contributed by atoms with Gasteiger partial charge >= 0.3 is 6.18 Å². The van der Waals surface area contributed by atoms with Gasteiger partial charge in [-0.3, -0.25) is 4.79 Å². The molecule has 1 aromatic rings. The van der Waals surface area contributed by atoms with Crippen LogP contribution < -0.4 is 5.32 Å². The Balaban J connectivity index is 2.64. The summed E-state index contributed by atoms with van der Waals surface area (Å²) in [7, 11) is 0. The minimum Gasteiger partial charge on any atom is -0.391 e. The highest BCUT2D eigenvalue weighted by molar-refractivity contribution is 5.94. The number of halogens is 3. The predicted octanol–water partition coefficient (Wildman–Crippen LogP) is 2.45. The van der Waals surface area contributed by atoms with Crippen LogP contribution in [0.3, 0.4) is 0 Å². The fraction of sp³-hybridized carbons (Fsp3) is 0.462. The first-order chi connectivity index (χ1) is 8.71. The number of carbonyl (C=O) groups excluding carboxylic acids is 1. The number of aliphatic hydroxyl groups excluding tert-OH is 1. The van der Waals surface area contributed by atoms with Crippen LogP contribution in [0.5, 0.6) is 0 Å². The zero-order chi connectivity index (χ0) is 14.6. The van der Waals surface area contributed by atoms with E-state index in [1.54, 1.807) is 13.8 Å². The average molecular weight is 275 g/mol. The average Bonchev–Trinajstić information content (AvgIpc) is 2.34. The highest BCUT2D eigenvalue weighted by Crippen LogP contribution is 2.29. The Hall–Kier alpha value is -1.56. The molecule has 3 nitrogen and oxygen atoms in total. The zero-order valence-electron chi connectivity index (χ0n) is 10.7. The van der Waals surface area contributed by atoms with E-state index in [2.05, 4.69) is 5.32 Å². The van der Waals surface area contributed by atoms with Crippen molar-refractivity contribution in [1.29, 1.82) is 0 Å². The van der Waals surface area contributed by atoms with Crippen molar-refractivity contribution in [3.63, 3.8) is 0 Å². The number of hydrogen-bond acceptors (Lipinski definition) is 2. The van der Waals surface area contributed by atoms with Crippen molar-refractivity contribution >= 4 is 5.91 Å². The van der Waals surface area contributed by atoms with Gasteiger partial charge in [0, 0.05) is 12.1 Å². The van der Waals surface area contributed by atoms with Crippen LogP contribution in [0.25, 0.3) is 0 Å². The number of alkyl halides is 3. The lowest BCUT2D eigenvalue weighted by Crippen LogP contribution is -2.34. The van der Waals surface area contributed by atoms with E-state index in [0.717, 1.165) is 24.3 Å². The maximum Gasteiger partial charge on any atom is 0.416 e. The second-order valence-electron chi connectivity index (χ2n) is 4.60. The molecule has 0 saturated heterocycles. The maximum absolute atomic E-state index is 12.3. The normalized spacial score (nSPS) is 13.4. The second-order valence-corrected chi connectivity index (χ2v) is 4.60. The van der Waals surface area contributed by atoms with Crippen molar-refractivity contribution in [1.82, 2.24) is 5.32 Å². The predicted molar refractivity (Wildman–Crippen MR) is 64.6 cm³/mol. The van der Waals surface area contributed by atoms with E-state index >= 15 is 0 Å². The summed E-state index contributed by atoms with van der Waals surface area (Å²) in [6.07, 6.45) is -5.10. The van der Waals surface area contributed by atoms with Crippen molar-refractivity contribution in [2.24, 2.45) is 5.92 Å². The van der Waals surface area contributed by atoms with E-state index in [-0.39, 0.29) is 18.0 Å². The van der Waals surface area contributed by atoms with Crippen molar-refractivity contribution in [2.75, 3.05) is 6.54 Å². The summed E-state index contributed by atoms with van der Waals surface area (Å²) in [4.78, 5) is 11.6. The van der Waals surface area contributed by atoms with Crippen LogP contribution >= 0.6 is 0 Å². The summed E-state index contributed by atoms with van der Waals surface area (Å²) in [5.41, 5.74) is -0.671. The quantitative estimate of drug-likeness (QED) is 0.886. The van der Waals surface area contributed by atoms with Crippen LogP contribution in [0.4, 0.5) is 13.2 Å². The van der Waals surface area contributed by atoms with Crippen LogP contribution in [0, 0.1) is 5.92 Å². The van der Waals surface area contributed by atoms with Gasteiger partial charge in [0.2, 0.25) is 0 Å². The van der Waals surface area contributed by atoms with Crippen molar-refractivity contribution in [2.45, 2.75) is 26.1 Å². The highest BCUT2D eigenvalue weighted by atomic mass is 19.4. The maximum atomic E-state index is 12.3. The Morgan fingerprint density at radius 2 is 1.79 bits per heavy atom. The number of benzene rings is 1. The first-order valence-electron chi connectivity index (χ1n) is 5.85. The molecule has 1 aromatic carbocycles. The monoisotopic (exact) mass is 275 g/mol. The largest absolute Gasteiger partial charge is 0.416 e. The third-order valence-electron chi connectivity index (χ3n) is 2.72. The van der Waals surface area contributed by atoms with Gasteiger partial charge in [-0.15, -0.1) is 0 Å². The second kappa shape index (κ2) is 6.06. The van der Waals surface area contributed by atoms with E-state index in [4.69, 9.17) is 0 Å². The number of nitrogens with one attached hydrogen (secondary N) is 1. The summed E-state index contributed by atoms with van der Waals surface area (Å²) in [6.45, 7) is 3.67. The molecule has 1 amide bonds. The molecule has 0 aliphatic rings. The minimum absolute atomic E-state index is 0.00657. The van der Waals surface area contributed by atoms with Crippen molar-refractivity contribution in [3.8, 4) is 0 Å². The summed E-state index contributed by atoms with van der Waals surface area (Å²) in [6, 6.07) is 3.93. The van der Waals surface area contributed by atoms with Gasteiger partial charge in [-0.2, -0.15) is 13.2 Å². The van der Waals surface area contributed by atoms with Gasteiger partial charge in [0.25, 0.3) is 5.91 Å². The minimum atomic E-state index is -4.41. The zero-order valence-corrected chi connectivity index (χ0v) is 10.7. The van der Waals surface area contributed by atoms with Gasteiger partial charge in [0.1, 0.15) is 0 Å². The smallest absolute Gasteiger partial charge is 0.391 e. The lowest BCUT2D eigenvalue weighted by atomic mass is 10.1. The molecule has 0 heterocycles. The van der Waals surface area contributed by atoms with Crippen LogP contribution in [0.1, 0.15) is 29.8 Å². The standard InChI is InChI=1S/C13H16F3NO2/c1-8(2)11(18)7-17-12(19)9-3-5-10(6-4-9)13(14,15)16/h3-6,8,11,18H,7H2,1-2H3,(H,17,19). The van der Waals surface area contributed by atoms with Gasteiger partial charge in [0.15, 0.2) is 0 Å². The molecule has 0 aliphatic heterocycles. The number of aliphatic hydroxyl groups is 1. The summed E-state index contributed by atoms with van der Waals surface area (Å²) < 4.78 is 37.0. The van der Waals surface area contributed by atoms with Crippen molar-refractivity contribution in [3.05, 3.63) is 35.4 Å². The number of hydrogen-bond donors (Lipinski definition) is 2. The molecule has 1 rings (SSSR count). The highest BCUT2D eigenvalue weighted by Gasteiger charge is 2.30.